The maximum absolute atomic E-state index is 12.9. The Morgan fingerprint density at radius 2 is 1.71 bits per heavy atom. The van der Waals surface area contributed by atoms with Crippen LogP contribution in [0.15, 0.2) is 66.7 Å². The van der Waals surface area contributed by atoms with Gasteiger partial charge in [-0.15, -0.1) is 0 Å². The minimum absolute atomic E-state index is 0.0495. The molecule has 0 unspecified atom stereocenters. The fraction of sp³-hybridized carbons (Fsp3) is 0.292. The van der Waals surface area contributed by atoms with Crippen molar-refractivity contribution in [3.8, 4) is 5.75 Å². The highest BCUT2D eigenvalue weighted by Gasteiger charge is 2.37. The molecule has 4 rings (SSSR count). The Balaban J connectivity index is 1.58. The van der Waals surface area contributed by atoms with Crippen molar-refractivity contribution in [1.29, 1.82) is 0 Å². The number of nitrogens with one attached hydrogen (secondary N) is 1. The van der Waals surface area contributed by atoms with Crippen LogP contribution in [-0.4, -0.2) is 32.8 Å². The van der Waals surface area contributed by atoms with Crippen LogP contribution in [0.3, 0.4) is 0 Å². The minimum atomic E-state index is -0.183. The van der Waals surface area contributed by atoms with Gasteiger partial charge in [0, 0.05) is 36.3 Å². The first-order valence-electron chi connectivity index (χ1n) is 9.70. The maximum atomic E-state index is 12.9. The van der Waals surface area contributed by atoms with Crippen LogP contribution < -0.4 is 10.1 Å². The zero-order valence-electron chi connectivity index (χ0n) is 16.1. The average Bonchev–Trinajstić information content (AvgIpc) is 2.77. The molecule has 1 heterocycles. The number of para-hydroxylation sites is 1. The van der Waals surface area contributed by atoms with Crippen molar-refractivity contribution in [3.63, 3.8) is 0 Å². The molecule has 28 heavy (non-hydrogen) atoms. The van der Waals surface area contributed by atoms with E-state index in [1.807, 2.05) is 54.6 Å². The topological polar surface area (TPSA) is 47.6 Å². The van der Waals surface area contributed by atoms with E-state index in [1.54, 1.807) is 7.11 Å². The van der Waals surface area contributed by atoms with Crippen molar-refractivity contribution in [1.82, 2.24) is 5.32 Å². The number of benzene rings is 3. The van der Waals surface area contributed by atoms with Crippen LogP contribution >= 0.6 is 0 Å². The monoisotopic (exact) mass is 375 g/mol. The van der Waals surface area contributed by atoms with Crippen molar-refractivity contribution in [2.75, 3.05) is 26.9 Å². The van der Waals surface area contributed by atoms with Gasteiger partial charge < -0.3 is 14.8 Å². The van der Waals surface area contributed by atoms with E-state index in [-0.39, 0.29) is 11.3 Å². The van der Waals surface area contributed by atoms with Crippen molar-refractivity contribution in [3.05, 3.63) is 77.9 Å². The zero-order chi connectivity index (χ0) is 19.4. The predicted molar refractivity (Wildman–Crippen MR) is 111 cm³/mol. The Morgan fingerprint density at radius 1 is 1.00 bits per heavy atom. The smallest absolute Gasteiger partial charge is 0.251 e. The molecular formula is C24H25NO3. The van der Waals surface area contributed by atoms with Gasteiger partial charge in [0.05, 0.1) is 7.11 Å². The number of amides is 1. The van der Waals surface area contributed by atoms with Gasteiger partial charge in [-0.3, -0.25) is 4.79 Å². The lowest BCUT2D eigenvalue weighted by Gasteiger charge is -2.38. The number of ether oxygens (including phenoxy) is 2. The summed E-state index contributed by atoms with van der Waals surface area (Å²) in [4.78, 5) is 12.9. The summed E-state index contributed by atoms with van der Waals surface area (Å²) in [5.74, 6) is 0.816. The molecule has 1 aliphatic heterocycles. The number of carbonyl (C=O) groups is 1. The second-order valence-corrected chi connectivity index (χ2v) is 7.34. The first-order valence-corrected chi connectivity index (χ1v) is 9.70. The Morgan fingerprint density at radius 3 is 2.50 bits per heavy atom. The summed E-state index contributed by atoms with van der Waals surface area (Å²) in [6.07, 6.45) is 1.71. The van der Waals surface area contributed by atoms with E-state index in [1.165, 1.54) is 0 Å². The van der Waals surface area contributed by atoms with Crippen LogP contribution in [0.4, 0.5) is 0 Å². The largest absolute Gasteiger partial charge is 0.496 e. The molecule has 0 bridgehead atoms. The molecule has 1 saturated heterocycles. The van der Waals surface area contributed by atoms with Crippen LogP contribution in [0, 0.1) is 0 Å². The SMILES string of the molecule is COc1ccccc1C1(CNC(=O)c2ccc3ccccc3c2)CCOCC1. The summed E-state index contributed by atoms with van der Waals surface area (Å²) in [6, 6.07) is 22.0. The molecule has 0 atom stereocenters. The highest BCUT2D eigenvalue weighted by atomic mass is 16.5. The normalized spacial score (nSPS) is 15.9. The highest BCUT2D eigenvalue weighted by Crippen LogP contribution is 2.39. The summed E-state index contributed by atoms with van der Waals surface area (Å²) in [5, 5.41) is 5.38. The van der Waals surface area contributed by atoms with E-state index in [0.29, 0.717) is 25.3 Å². The second kappa shape index (κ2) is 8.03. The number of fused-ring (bicyclic) bond motifs is 1. The summed E-state index contributed by atoms with van der Waals surface area (Å²) >= 11 is 0. The van der Waals surface area contributed by atoms with Crippen molar-refractivity contribution in [2.45, 2.75) is 18.3 Å². The average molecular weight is 375 g/mol. The number of carbonyl (C=O) groups excluding carboxylic acids is 1. The van der Waals surface area contributed by atoms with Gasteiger partial charge in [0.2, 0.25) is 0 Å². The van der Waals surface area contributed by atoms with E-state index in [0.717, 1.165) is 34.9 Å². The van der Waals surface area contributed by atoms with Gasteiger partial charge in [-0.05, 0) is 41.8 Å². The van der Waals surface area contributed by atoms with E-state index in [2.05, 4.69) is 17.4 Å². The molecule has 4 heteroatoms. The first-order chi connectivity index (χ1) is 13.7. The summed E-state index contributed by atoms with van der Waals surface area (Å²) in [7, 11) is 1.69. The van der Waals surface area contributed by atoms with E-state index in [4.69, 9.17) is 9.47 Å². The molecular weight excluding hydrogens is 350 g/mol. The lowest BCUT2D eigenvalue weighted by atomic mass is 9.73. The highest BCUT2D eigenvalue weighted by molar-refractivity contribution is 5.98. The molecule has 0 radical (unpaired) electrons. The lowest BCUT2D eigenvalue weighted by Crippen LogP contribution is -2.44. The van der Waals surface area contributed by atoms with Crippen molar-refractivity contribution >= 4 is 16.7 Å². The Labute approximate surface area is 165 Å². The van der Waals surface area contributed by atoms with E-state index in [9.17, 15) is 4.79 Å². The quantitative estimate of drug-likeness (QED) is 0.722. The summed E-state index contributed by atoms with van der Waals surface area (Å²) in [6.45, 7) is 1.93. The second-order valence-electron chi connectivity index (χ2n) is 7.34. The molecule has 0 aromatic heterocycles. The van der Waals surface area contributed by atoms with Gasteiger partial charge in [-0.2, -0.15) is 0 Å². The van der Waals surface area contributed by atoms with Crippen molar-refractivity contribution in [2.24, 2.45) is 0 Å². The summed E-state index contributed by atoms with van der Waals surface area (Å²) in [5.41, 5.74) is 1.64. The number of hydrogen-bond acceptors (Lipinski definition) is 3. The molecule has 4 nitrogen and oxygen atoms in total. The van der Waals surface area contributed by atoms with Crippen LogP contribution in [0.5, 0.6) is 5.75 Å². The molecule has 1 fully saturated rings. The molecule has 0 spiro atoms. The predicted octanol–water partition coefficient (Wildman–Crippen LogP) is 4.33. The summed E-state index contributed by atoms with van der Waals surface area (Å²) < 4.78 is 11.2. The minimum Gasteiger partial charge on any atom is -0.496 e. The van der Waals surface area contributed by atoms with Gasteiger partial charge in [0.15, 0.2) is 0 Å². The lowest BCUT2D eigenvalue weighted by molar-refractivity contribution is 0.0479. The molecule has 0 aliphatic carbocycles. The number of rotatable bonds is 5. The van der Waals surface area contributed by atoms with Gasteiger partial charge in [-0.1, -0.05) is 48.5 Å². The van der Waals surface area contributed by atoms with Crippen molar-refractivity contribution < 1.29 is 14.3 Å². The first kappa shape index (κ1) is 18.5. The van der Waals surface area contributed by atoms with Crippen LogP contribution in [0.25, 0.3) is 10.8 Å². The molecule has 1 aliphatic rings. The fourth-order valence-corrected chi connectivity index (χ4v) is 4.07. The number of hydrogen-bond donors (Lipinski definition) is 1. The zero-order valence-corrected chi connectivity index (χ0v) is 16.1. The molecule has 1 amide bonds. The van der Waals surface area contributed by atoms with Gasteiger partial charge in [0.1, 0.15) is 5.75 Å². The van der Waals surface area contributed by atoms with Crippen LogP contribution in [-0.2, 0) is 10.2 Å². The van der Waals surface area contributed by atoms with Gasteiger partial charge in [0.25, 0.3) is 5.91 Å². The third kappa shape index (κ3) is 3.60. The molecule has 0 saturated carbocycles. The number of methoxy groups -OCH3 is 1. The molecule has 3 aromatic carbocycles. The standard InChI is InChI=1S/C24H25NO3/c1-27-22-9-5-4-8-21(22)24(12-14-28-15-13-24)17-25-23(26)20-11-10-18-6-2-3-7-19(18)16-20/h2-11,16H,12-15,17H2,1H3,(H,25,26). The van der Waals surface area contributed by atoms with E-state index >= 15 is 0 Å². The third-order valence-corrected chi connectivity index (χ3v) is 5.73. The Bertz CT molecular complexity index is 976. The fourth-order valence-electron chi connectivity index (χ4n) is 4.07. The molecule has 1 N–H and O–H groups in total. The van der Waals surface area contributed by atoms with Crippen LogP contribution in [0.1, 0.15) is 28.8 Å². The Kier molecular flexibility index (Phi) is 5.31. The molecule has 144 valence electrons. The van der Waals surface area contributed by atoms with E-state index < -0.39 is 0 Å². The van der Waals surface area contributed by atoms with Gasteiger partial charge >= 0.3 is 0 Å². The maximum Gasteiger partial charge on any atom is 0.251 e. The van der Waals surface area contributed by atoms with Gasteiger partial charge in [-0.25, -0.2) is 0 Å². The Hall–Kier alpha value is -2.85. The third-order valence-electron chi connectivity index (χ3n) is 5.73. The molecule has 3 aromatic rings. The van der Waals surface area contributed by atoms with Crippen LogP contribution in [0.2, 0.25) is 0 Å².